The van der Waals surface area contributed by atoms with Crippen LogP contribution in [0.2, 0.25) is 0 Å². The summed E-state index contributed by atoms with van der Waals surface area (Å²) in [6, 6.07) is 0. The van der Waals surface area contributed by atoms with E-state index in [1.54, 1.807) is 0 Å². The number of unbranched alkanes of at least 4 members (excludes halogenated alkanes) is 44. The molecule has 0 atom stereocenters. The third-order valence-electron chi connectivity index (χ3n) is 11.3. The molecule has 0 aromatic rings. The zero-order valence-electron chi connectivity index (χ0n) is 34.0. The van der Waals surface area contributed by atoms with Crippen molar-refractivity contribution in [2.75, 3.05) is 5.75 Å². The van der Waals surface area contributed by atoms with Crippen LogP contribution >= 0.6 is 12.6 Å². The van der Waals surface area contributed by atoms with Gasteiger partial charge in [-0.2, -0.15) is 12.6 Å². The lowest BCUT2D eigenvalue weighted by Gasteiger charge is -2.05. The minimum absolute atomic E-state index is 1.07. The van der Waals surface area contributed by atoms with Crippen molar-refractivity contribution in [3.8, 4) is 0 Å². The van der Waals surface area contributed by atoms with Crippen molar-refractivity contribution < 1.29 is 0 Å². The van der Waals surface area contributed by atoms with Crippen LogP contribution in [0.1, 0.15) is 296 Å². The number of rotatable bonds is 45. The Hall–Kier alpha value is 0.350. The third-order valence-corrected chi connectivity index (χ3v) is 11.6. The molecule has 0 fully saturated rings. The highest BCUT2D eigenvalue weighted by Crippen LogP contribution is 2.18. The third kappa shape index (κ3) is 46.4. The highest BCUT2D eigenvalue weighted by molar-refractivity contribution is 7.80. The van der Waals surface area contributed by atoms with Crippen LogP contribution in [-0.2, 0) is 0 Å². The molecule has 0 amide bonds. The summed E-state index contributed by atoms with van der Waals surface area (Å²) in [5.41, 5.74) is 0. The normalized spacial score (nSPS) is 11.6. The molecular formula is C47H96S. The summed E-state index contributed by atoms with van der Waals surface area (Å²) in [5.74, 6) is 1.07. The van der Waals surface area contributed by atoms with Crippen molar-refractivity contribution in [1.29, 1.82) is 0 Å². The molecule has 0 radical (unpaired) electrons. The first-order valence-corrected chi connectivity index (χ1v) is 24.2. The Morgan fingerprint density at radius 2 is 0.271 bits per heavy atom. The fraction of sp³-hybridized carbons (Fsp3) is 1.00. The lowest BCUT2D eigenvalue weighted by Crippen LogP contribution is -1.85. The Balaban J connectivity index is 3.04. The van der Waals surface area contributed by atoms with Gasteiger partial charge in [-0.25, -0.2) is 0 Å². The van der Waals surface area contributed by atoms with Crippen LogP contribution in [0.25, 0.3) is 0 Å². The average Bonchev–Trinajstić information content (AvgIpc) is 3.10. The minimum atomic E-state index is 1.07. The molecule has 48 heavy (non-hydrogen) atoms. The van der Waals surface area contributed by atoms with E-state index in [0.29, 0.717) is 0 Å². The van der Waals surface area contributed by atoms with Gasteiger partial charge in [-0.15, -0.1) is 0 Å². The number of thiol groups is 1. The van der Waals surface area contributed by atoms with E-state index >= 15 is 0 Å². The second kappa shape index (κ2) is 47.4. The summed E-state index contributed by atoms with van der Waals surface area (Å²) >= 11 is 4.30. The van der Waals surface area contributed by atoms with Gasteiger partial charge in [0.1, 0.15) is 0 Å². The van der Waals surface area contributed by atoms with Crippen LogP contribution in [0.15, 0.2) is 0 Å². The summed E-state index contributed by atoms with van der Waals surface area (Å²) in [6.45, 7) is 2.31. The maximum atomic E-state index is 4.30. The smallest absolute Gasteiger partial charge is 0.00979 e. The zero-order chi connectivity index (χ0) is 34.5. The number of hydrogen-bond acceptors (Lipinski definition) is 1. The molecule has 0 heterocycles. The minimum Gasteiger partial charge on any atom is -0.179 e. The maximum Gasteiger partial charge on any atom is -0.00979 e. The van der Waals surface area contributed by atoms with E-state index in [1.165, 1.54) is 289 Å². The molecule has 0 aliphatic heterocycles. The molecule has 0 unspecified atom stereocenters. The average molecular weight is 693 g/mol. The van der Waals surface area contributed by atoms with Gasteiger partial charge in [-0.3, -0.25) is 0 Å². The molecular weight excluding hydrogens is 597 g/mol. The van der Waals surface area contributed by atoms with E-state index in [9.17, 15) is 0 Å². The van der Waals surface area contributed by atoms with E-state index < -0.39 is 0 Å². The van der Waals surface area contributed by atoms with Gasteiger partial charge in [0.25, 0.3) is 0 Å². The van der Waals surface area contributed by atoms with E-state index in [1.807, 2.05) is 0 Å². The van der Waals surface area contributed by atoms with Crippen molar-refractivity contribution in [2.24, 2.45) is 0 Å². The van der Waals surface area contributed by atoms with Gasteiger partial charge in [-0.05, 0) is 12.2 Å². The first kappa shape index (κ1) is 48.3. The molecule has 0 spiro atoms. The van der Waals surface area contributed by atoms with Gasteiger partial charge >= 0.3 is 0 Å². The molecule has 0 saturated heterocycles. The second-order valence-electron chi connectivity index (χ2n) is 16.3. The van der Waals surface area contributed by atoms with Gasteiger partial charge < -0.3 is 0 Å². The first-order valence-electron chi connectivity index (χ1n) is 23.5. The van der Waals surface area contributed by atoms with E-state index in [2.05, 4.69) is 19.6 Å². The van der Waals surface area contributed by atoms with Gasteiger partial charge in [0.15, 0.2) is 0 Å². The van der Waals surface area contributed by atoms with Crippen LogP contribution in [0.5, 0.6) is 0 Å². The summed E-state index contributed by atoms with van der Waals surface area (Å²) in [4.78, 5) is 0. The molecule has 0 nitrogen and oxygen atoms in total. The molecule has 290 valence electrons. The summed E-state index contributed by atoms with van der Waals surface area (Å²) in [7, 11) is 0. The molecule has 0 aromatic carbocycles. The van der Waals surface area contributed by atoms with E-state index in [0.717, 1.165) is 5.75 Å². The highest BCUT2D eigenvalue weighted by atomic mass is 32.1. The topological polar surface area (TPSA) is 0 Å². The Labute approximate surface area is 313 Å². The van der Waals surface area contributed by atoms with Gasteiger partial charge in [0, 0.05) is 0 Å². The SMILES string of the molecule is CCCCCCCCCCCCCCCCCCCCCCCCCCCCCCCCCCCCCCCCCCCCCCCS. The van der Waals surface area contributed by atoms with Crippen molar-refractivity contribution in [3.63, 3.8) is 0 Å². The quantitative estimate of drug-likeness (QED) is 0.0477. The van der Waals surface area contributed by atoms with Crippen LogP contribution in [0.3, 0.4) is 0 Å². The highest BCUT2D eigenvalue weighted by Gasteiger charge is 1.98. The summed E-state index contributed by atoms with van der Waals surface area (Å²) in [6.07, 6.45) is 66.5. The molecule has 0 aliphatic rings. The van der Waals surface area contributed by atoms with Crippen LogP contribution in [0.4, 0.5) is 0 Å². The summed E-state index contributed by atoms with van der Waals surface area (Å²) in [5, 5.41) is 0. The Morgan fingerprint density at radius 3 is 0.375 bits per heavy atom. The van der Waals surface area contributed by atoms with Gasteiger partial charge in [-0.1, -0.05) is 289 Å². The van der Waals surface area contributed by atoms with Crippen molar-refractivity contribution in [2.45, 2.75) is 296 Å². The van der Waals surface area contributed by atoms with Crippen molar-refractivity contribution >= 4 is 12.6 Å². The Bertz CT molecular complexity index is 469. The molecule has 0 aromatic heterocycles. The van der Waals surface area contributed by atoms with Crippen molar-refractivity contribution in [1.82, 2.24) is 0 Å². The zero-order valence-corrected chi connectivity index (χ0v) is 34.9. The molecule has 0 rings (SSSR count). The van der Waals surface area contributed by atoms with E-state index in [4.69, 9.17) is 0 Å². The van der Waals surface area contributed by atoms with Crippen LogP contribution in [0, 0.1) is 0 Å². The molecule has 0 saturated carbocycles. The van der Waals surface area contributed by atoms with Gasteiger partial charge in [0.2, 0.25) is 0 Å². The Kier molecular flexibility index (Phi) is 47.7. The summed E-state index contributed by atoms with van der Waals surface area (Å²) < 4.78 is 0. The number of hydrogen-bond donors (Lipinski definition) is 1. The van der Waals surface area contributed by atoms with Crippen molar-refractivity contribution in [3.05, 3.63) is 0 Å². The largest absolute Gasteiger partial charge is 0.179 e. The standard InChI is InChI=1S/C47H96S/c1-2-3-4-5-6-7-8-9-10-11-12-13-14-15-16-17-18-19-20-21-22-23-24-25-26-27-28-29-30-31-32-33-34-35-36-37-38-39-40-41-42-43-44-45-46-47-48/h48H,2-47H2,1H3. The first-order chi connectivity index (χ1) is 23.9. The van der Waals surface area contributed by atoms with Crippen LogP contribution < -0.4 is 0 Å². The predicted molar refractivity (Wildman–Crippen MR) is 227 cm³/mol. The predicted octanol–water partition coefficient (Wildman–Crippen LogP) is 18.5. The molecule has 0 bridgehead atoms. The molecule has 1 heteroatoms. The fourth-order valence-electron chi connectivity index (χ4n) is 7.79. The Morgan fingerprint density at radius 1 is 0.167 bits per heavy atom. The van der Waals surface area contributed by atoms with E-state index in [-0.39, 0.29) is 0 Å². The monoisotopic (exact) mass is 693 g/mol. The molecule has 0 aliphatic carbocycles. The lowest BCUT2D eigenvalue weighted by molar-refractivity contribution is 0.508. The maximum absolute atomic E-state index is 4.30. The molecule has 0 N–H and O–H groups in total. The van der Waals surface area contributed by atoms with Gasteiger partial charge in [0.05, 0.1) is 0 Å². The second-order valence-corrected chi connectivity index (χ2v) is 16.7. The lowest BCUT2D eigenvalue weighted by atomic mass is 10.0. The fourth-order valence-corrected chi connectivity index (χ4v) is 8.01. The van der Waals surface area contributed by atoms with Crippen LogP contribution in [-0.4, -0.2) is 5.75 Å².